The van der Waals surface area contributed by atoms with Crippen LogP contribution < -0.4 is 10.6 Å². The standard InChI is InChI=1S/C35H34N2O5.C34H34N4O4/c1-21-14-22(2)16-26(15-21)32(38)19-27(17-24-9-11-25(12-10-24)33-13-8-23(3)42-33)34(39)37-31(35(40)41)18-28-20-36-30-7-5-4-6-29(28)30;1-21-14-22(2)16-25(15-21)32(39)19-26(17-23-8-10-24(11-9-23)29-12-13-38(3)37-29)33(40)36-31(34(41)42)18-27-20-35-30-7-5-4-6-28(27)30/h4-16,20,27,31,36H,17-19H2,1-3H3,(H,37,39)(H,40,41);4-16,20,26,31,35H,17-19H2,1-3H3,(H,36,40)(H,41,42)/t27-,31-;26-,31-/m00/s1. The molecule has 84 heavy (non-hydrogen) atoms. The van der Waals surface area contributed by atoms with Gasteiger partial charge in [-0.2, -0.15) is 5.10 Å². The van der Waals surface area contributed by atoms with Crippen molar-refractivity contribution in [3.05, 3.63) is 232 Å². The van der Waals surface area contributed by atoms with E-state index < -0.39 is 47.7 Å². The Morgan fingerprint density at radius 1 is 0.524 bits per heavy atom. The molecular weight excluding hydrogens is 1060 g/mol. The van der Waals surface area contributed by atoms with Crippen molar-refractivity contribution in [2.75, 3.05) is 0 Å². The number of hydrogen-bond donors (Lipinski definition) is 6. The van der Waals surface area contributed by atoms with Gasteiger partial charge >= 0.3 is 11.9 Å². The Labute approximate surface area is 487 Å². The van der Waals surface area contributed by atoms with E-state index in [1.54, 1.807) is 17.1 Å². The molecule has 0 aliphatic rings. The number of carbonyl (C=O) groups excluding carboxylic acids is 4. The lowest BCUT2D eigenvalue weighted by atomic mass is 9.89. The number of rotatable bonds is 22. The first kappa shape index (κ1) is 58.8. The van der Waals surface area contributed by atoms with E-state index in [2.05, 4.69) is 25.7 Å². The number of amides is 2. The van der Waals surface area contributed by atoms with Crippen LogP contribution in [0.2, 0.25) is 0 Å². The SMILES string of the molecule is Cc1cc(C)cc(C(=O)C[C@H](Cc2ccc(-c3ccc(C)o3)cc2)C(=O)N[C@@H](Cc2c[nH]c3ccccc23)C(=O)O)c1.Cc1cc(C)cc(C(=O)C[C@H](Cc2ccc(-c3ccn(C)n3)cc2)C(=O)N[C@@H](Cc2c[nH]c3ccccc23)C(=O)O)c1. The van der Waals surface area contributed by atoms with E-state index >= 15 is 0 Å². The molecule has 10 rings (SSSR count). The monoisotopic (exact) mass is 1120 g/mol. The lowest BCUT2D eigenvalue weighted by Crippen LogP contribution is -2.45. The highest BCUT2D eigenvalue weighted by atomic mass is 16.4. The van der Waals surface area contributed by atoms with Crippen molar-refractivity contribution >= 4 is 57.1 Å². The molecule has 2 amide bonds. The molecule has 0 saturated heterocycles. The largest absolute Gasteiger partial charge is 0.480 e. The fourth-order valence-electron chi connectivity index (χ4n) is 10.8. The molecule has 0 saturated carbocycles. The Kier molecular flexibility index (Phi) is 18.4. The smallest absolute Gasteiger partial charge is 0.326 e. The Morgan fingerprint density at radius 2 is 0.952 bits per heavy atom. The van der Waals surface area contributed by atoms with Crippen LogP contribution in [0, 0.1) is 46.5 Å². The number of aliphatic carboxylic acids is 2. The summed E-state index contributed by atoms with van der Waals surface area (Å²) in [7, 11) is 1.86. The molecule has 0 aliphatic heterocycles. The van der Waals surface area contributed by atoms with E-state index in [0.717, 1.165) is 94.7 Å². The third-order valence-corrected chi connectivity index (χ3v) is 15.0. The van der Waals surface area contributed by atoms with Gasteiger partial charge in [-0.05, 0) is 124 Å². The summed E-state index contributed by atoms with van der Waals surface area (Å²) in [6.45, 7) is 9.60. The lowest BCUT2D eigenvalue weighted by molar-refractivity contribution is -0.142. The summed E-state index contributed by atoms with van der Waals surface area (Å²) >= 11 is 0. The zero-order valence-electron chi connectivity index (χ0n) is 47.9. The van der Waals surface area contributed by atoms with Crippen LogP contribution in [-0.2, 0) is 51.9 Å². The number of H-pyrrole nitrogens is 2. The average molecular weight is 1130 g/mol. The van der Waals surface area contributed by atoms with E-state index in [0.29, 0.717) is 11.1 Å². The summed E-state index contributed by atoms with van der Waals surface area (Å²) in [5.74, 6) is -3.47. The van der Waals surface area contributed by atoms with Gasteiger partial charge in [0.1, 0.15) is 23.6 Å². The van der Waals surface area contributed by atoms with Crippen molar-refractivity contribution in [2.24, 2.45) is 18.9 Å². The molecular formula is C69H68N6O9. The second-order valence-electron chi connectivity index (χ2n) is 21.9. The molecule has 0 fully saturated rings. The Balaban J connectivity index is 0.000000202. The van der Waals surface area contributed by atoms with Crippen LogP contribution >= 0.6 is 0 Å². The fourth-order valence-corrected chi connectivity index (χ4v) is 10.8. The summed E-state index contributed by atoms with van der Waals surface area (Å²) in [4.78, 5) is 85.1. The number of aryl methyl sites for hydroxylation is 6. The van der Waals surface area contributed by atoms with Gasteiger partial charge in [0.25, 0.3) is 0 Å². The molecule has 0 aliphatic carbocycles. The number of carboxylic acids is 2. The van der Waals surface area contributed by atoms with Gasteiger partial charge in [-0.15, -0.1) is 0 Å². The number of carboxylic acid groups (broad SMARTS) is 2. The molecule has 4 heterocycles. The van der Waals surface area contributed by atoms with Gasteiger partial charge in [0.15, 0.2) is 11.6 Å². The van der Waals surface area contributed by atoms with Crippen LogP contribution in [0.5, 0.6) is 0 Å². The van der Waals surface area contributed by atoms with Crippen LogP contribution in [0.4, 0.5) is 0 Å². The predicted molar refractivity (Wildman–Crippen MR) is 325 cm³/mol. The number of aromatic nitrogens is 4. The zero-order chi connectivity index (χ0) is 59.6. The van der Waals surface area contributed by atoms with E-state index in [1.807, 2.05) is 200 Å². The highest BCUT2D eigenvalue weighted by Crippen LogP contribution is 2.27. The minimum absolute atomic E-state index is 0.0455. The third kappa shape index (κ3) is 15.0. The maximum absolute atomic E-state index is 13.7. The van der Waals surface area contributed by atoms with Gasteiger partial charge in [0.05, 0.1) is 5.69 Å². The molecule has 10 aromatic rings. The van der Waals surface area contributed by atoms with Gasteiger partial charge in [-0.3, -0.25) is 23.9 Å². The highest BCUT2D eigenvalue weighted by Gasteiger charge is 2.31. The number of ketones is 2. The fraction of sp³-hybridized carbons (Fsp3) is 0.232. The quantitative estimate of drug-likeness (QED) is 0.0352. The van der Waals surface area contributed by atoms with E-state index in [1.165, 1.54) is 0 Å². The van der Waals surface area contributed by atoms with Crippen LogP contribution in [0.15, 0.2) is 175 Å². The van der Waals surface area contributed by atoms with Crippen molar-refractivity contribution in [1.29, 1.82) is 0 Å². The van der Waals surface area contributed by atoms with Crippen LogP contribution in [-0.4, -0.2) is 77.4 Å². The molecule has 0 radical (unpaired) electrons. The number of Topliss-reactive ketones (excluding diaryl/α,β-unsaturated/α-hetero) is 2. The van der Waals surface area contributed by atoms with Gasteiger partial charge in [0.2, 0.25) is 11.8 Å². The topological polar surface area (TPSA) is 229 Å². The highest BCUT2D eigenvalue weighted by molar-refractivity contribution is 6.00. The zero-order valence-corrected chi connectivity index (χ0v) is 47.9. The molecule has 6 N–H and O–H groups in total. The summed E-state index contributed by atoms with van der Waals surface area (Å²) < 4.78 is 7.45. The third-order valence-electron chi connectivity index (χ3n) is 15.0. The molecule has 6 aromatic carbocycles. The summed E-state index contributed by atoms with van der Waals surface area (Å²) in [6, 6.07) is 45.3. The number of furan rings is 1. The first-order valence-corrected chi connectivity index (χ1v) is 28.0. The summed E-state index contributed by atoms with van der Waals surface area (Å²) in [5.41, 5.74) is 12.8. The van der Waals surface area contributed by atoms with Gasteiger partial charge < -0.3 is 35.2 Å². The molecule has 428 valence electrons. The number of aromatic amines is 2. The molecule has 4 aromatic heterocycles. The van der Waals surface area contributed by atoms with Gasteiger partial charge in [-0.1, -0.05) is 119 Å². The number of nitrogens with zero attached hydrogens (tertiary/aromatic N) is 2. The van der Waals surface area contributed by atoms with Crippen molar-refractivity contribution < 1.29 is 43.4 Å². The number of nitrogens with one attached hydrogen (secondary N) is 4. The number of benzene rings is 6. The lowest BCUT2D eigenvalue weighted by Gasteiger charge is -2.21. The maximum atomic E-state index is 13.7. The minimum atomic E-state index is -1.15. The van der Waals surface area contributed by atoms with E-state index in [-0.39, 0.29) is 50.1 Å². The van der Waals surface area contributed by atoms with Crippen molar-refractivity contribution in [3.63, 3.8) is 0 Å². The van der Waals surface area contributed by atoms with E-state index in [4.69, 9.17) is 4.42 Å². The predicted octanol–water partition coefficient (Wildman–Crippen LogP) is 12.0. The van der Waals surface area contributed by atoms with Crippen molar-refractivity contribution in [3.8, 4) is 22.6 Å². The van der Waals surface area contributed by atoms with Crippen molar-refractivity contribution in [2.45, 2.75) is 85.2 Å². The number of carbonyl (C=O) groups is 6. The van der Waals surface area contributed by atoms with Gasteiger partial charge in [0, 0.05) is 107 Å². The molecule has 0 spiro atoms. The second kappa shape index (κ2) is 26.4. The second-order valence-corrected chi connectivity index (χ2v) is 21.9. The Bertz CT molecular complexity index is 3710. The van der Waals surface area contributed by atoms with Gasteiger partial charge in [-0.25, -0.2) is 9.59 Å². The Hall–Kier alpha value is -9.89. The molecule has 0 bridgehead atoms. The molecule has 0 unspecified atom stereocenters. The first-order chi connectivity index (χ1) is 40.3. The minimum Gasteiger partial charge on any atom is -0.480 e. The number of hydrogen-bond acceptors (Lipinski definition) is 8. The molecule has 4 atom stereocenters. The molecule has 15 nitrogen and oxygen atoms in total. The summed E-state index contributed by atoms with van der Waals surface area (Å²) in [6.07, 6.45) is 6.11. The van der Waals surface area contributed by atoms with E-state index in [9.17, 15) is 39.0 Å². The first-order valence-electron chi connectivity index (χ1n) is 28.0. The number of para-hydroxylation sites is 2. The molecule has 15 heteroatoms. The maximum Gasteiger partial charge on any atom is 0.326 e. The van der Waals surface area contributed by atoms with Crippen LogP contribution in [0.1, 0.15) is 83.8 Å². The van der Waals surface area contributed by atoms with Crippen LogP contribution in [0.25, 0.3) is 44.4 Å². The number of fused-ring (bicyclic) bond motifs is 2. The van der Waals surface area contributed by atoms with Crippen LogP contribution in [0.3, 0.4) is 0 Å². The normalized spacial score (nSPS) is 12.6. The average Bonchev–Trinajstić information content (AvgIpc) is 3.99. The Morgan fingerprint density at radius 3 is 1.35 bits per heavy atom. The van der Waals surface area contributed by atoms with Crippen molar-refractivity contribution in [1.82, 2.24) is 30.4 Å². The summed E-state index contributed by atoms with van der Waals surface area (Å²) in [5, 5.41) is 31.8.